The molecule has 2 amide bonds. The van der Waals surface area contributed by atoms with Crippen molar-refractivity contribution in [3.05, 3.63) is 0 Å². The maximum Gasteiger partial charge on any atom is 0.326 e. The van der Waals surface area contributed by atoms with Gasteiger partial charge in [-0.3, -0.25) is 4.79 Å². The third-order valence-corrected chi connectivity index (χ3v) is 2.31. The van der Waals surface area contributed by atoms with Gasteiger partial charge in [0.15, 0.2) is 0 Å². The third kappa shape index (κ3) is 9.15. The van der Waals surface area contributed by atoms with Crippen LogP contribution in [0.4, 0.5) is 4.79 Å². The Kier molecular flexibility index (Phi) is 9.10. The molecule has 8 nitrogen and oxygen atoms in total. The number of rotatable bonds is 9. The first kappa shape index (κ1) is 18.2. The quantitative estimate of drug-likeness (QED) is 0.410. The lowest BCUT2D eigenvalue weighted by molar-refractivity contribution is -0.142. The van der Waals surface area contributed by atoms with Crippen molar-refractivity contribution in [1.29, 1.82) is 0 Å². The summed E-state index contributed by atoms with van der Waals surface area (Å²) < 4.78 is 9.63. The molecule has 0 aromatic carbocycles. The number of carbonyl (C=O) groups is 3. The maximum absolute atomic E-state index is 11.5. The van der Waals surface area contributed by atoms with E-state index in [1.54, 1.807) is 0 Å². The Morgan fingerprint density at radius 2 is 1.90 bits per heavy atom. The normalized spacial score (nSPS) is 11.8. The Bertz CT molecular complexity index is 332. The molecule has 116 valence electrons. The van der Waals surface area contributed by atoms with Crippen LogP contribution in [0.3, 0.4) is 0 Å². The second-order valence-electron chi connectivity index (χ2n) is 4.33. The zero-order valence-corrected chi connectivity index (χ0v) is 12.0. The fourth-order valence-electron chi connectivity index (χ4n) is 1.29. The molecule has 0 aromatic heterocycles. The van der Waals surface area contributed by atoms with E-state index in [0.29, 0.717) is 6.61 Å². The summed E-state index contributed by atoms with van der Waals surface area (Å²) in [6, 6.07) is -1.75. The Hall–Kier alpha value is -1.83. The van der Waals surface area contributed by atoms with Gasteiger partial charge < -0.3 is 25.2 Å². The summed E-state index contributed by atoms with van der Waals surface area (Å²) in [4.78, 5) is 33.3. The van der Waals surface area contributed by atoms with E-state index in [1.165, 1.54) is 7.11 Å². The van der Waals surface area contributed by atoms with Gasteiger partial charge in [-0.05, 0) is 20.3 Å². The summed E-state index contributed by atoms with van der Waals surface area (Å²) in [7, 11) is 1.22. The highest BCUT2D eigenvalue weighted by Crippen LogP contribution is 1.99. The van der Waals surface area contributed by atoms with Crippen LogP contribution in [-0.4, -0.2) is 55.5 Å². The molecule has 0 heterocycles. The minimum Gasteiger partial charge on any atom is -0.480 e. The number of methoxy groups -OCH3 is 1. The van der Waals surface area contributed by atoms with Crippen LogP contribution in [0, 0.1) is 0 Å². The molecule has 0 bridgehead atoms. The lowest BCUT2D eigenvalue weighted by atomic mass is 10.1. The number of carbonyl (C=O) groups excluding carboxylic acids is 2. The molecule has 20 heavy (non-hydrogen) atoms. The standard InChI is InChI=1S/C12H22N2O6/c1-8(2)20-7-6-13-12(18)14-9(11(16)17)4-5-10(15)19-3/h8-9H,4-7H2,1-3H3,(H,16,17)(H2,13,14,18)/t9-/m0/s1. The van der Waals surface area contributed by atoms with Crippen LogP contribution in [0.2, 0.25) is 0 Å². The molecule has 3 N–H and O–H groups in total. The molecule has 0 unspecified atom stereocenters. The summed E-state index contributed by atoms with van der Waals surface area (Å²) in [5.41, 5.74) is 0. The van der Waals surface area contributed by atoms with Crippen molar-refractivity contribution in [2.45, 2.75) is 38.8 Å². The van der Waals surface area contributed by atoms with Gasteiger partial charge in [-0.2, -0.15) is 0 Å². The minimum absolute atomic E-state index is 0.0298. The van der Waals surface area contributed by atoms with Gasteiger partial charge in [0.25, 0.3) is 0 Å². The number of ether oxygens (including phenoxy) is 2. The zero-order valence-electron chi connectivity index (χ0n) is 12.0. The van der Waals surface area contributed by atoms with Crippen molar-refractivity contribution < 1.29 is 29.0 Å². The number of hydrogen-bond donors (Lipinski definition) is 3. The topological polar surface area (TPSA) is 114 Å². The SMILES string of the molecule is COC(=O)CC[C@H](NC(=O)NCCOC(C)C)C(=O)O. The summed E-state index contributed by atoms with van der Waals surface area (Å²) >= 11 is 0. The van der Waals surface area contributed by atoms with Crippen molar-refractivity contribution in [3.8, 4) is 0 Å². The zero-order chi connectivity index (χ0) is 15.5. The first-order valence-corrected chi connectivity index (χ1v) is 6.32. The molecule has 0 saturated carbocycles. The Labute approximate surface area is 117 Å². The number of urea groups is 1. The predicted molar refractivity (Wildman–Crippen MR) is 70.3 cm³/mol. The van der Waals surface area contributed by atoms with Crippen LogP contribution in [0.1, 0.15) is 26.7 Å². The lowest BCUT2D eigenvalue weighted by Gasteiger charge is -2.15. The number of esters is 1. The molecule has 0 rings (SSSR count). The van der Waals surface area contributed by atoms with Gasteiger partial charge in [0.2, 0.25) is 0 Å². The second-order valence-corrected chi connectivity index (χ2v) is 4.33. The smallest absolute Gasteiger partial charge is 0.326 e. The minimum atomic E-state index is -1.21. The number of hydrogen-bond acceptors (Lipinski definition) is 5. The van der Waals surface area contributed by atoms with Crippen LogP contribution < -0.4 is 10.6 Å². The molecule has 0 fully saturated rings. The molecule has 1 atom stereocenters. The molecule has 8 heteroatoms. The van der Waals surface area contributed by atoms with E-state index in [2.05, 4.69) is 15.4 Å². The molecule has 0 radical (unpaired) electrons. The summed E-state index contributed by atoms with van der Waals surface area (Å²) in [5.74, 6) is -1.73. The van der Waals surface area contributed by atoms with Crippen molar-refractivity contribution in [2.75, 3.05) is 20.3 Å². The molecule has 0 saturated heterocycles. The van der Waals surface area contributed by atoms with Crippen LogP contribution in [-0.2, 0) is 19.1 Å². The van der Waals surface area contributed by atoms with Gasteiger partial charge in [0.1, 0.15) is 6.04 Å². The first-order valence-electron chi connectivity index (χ1n) is 6.32. The van der Waals surface area contributed by atoms with E-state index in [-0.39, 0.29) is 25.5 Å². The average molecular weight is 290 g/mol. The van der Waals surface area contributed by atoms with Crippen LogP contribution in [0.15, 0.2) is 0 Å². The number of nitrogens with one attached hydrogen (secondary N) is 2. The summed E-state index contributed by atoms with van der Waals surface area (Å²) in [5, 5.41) is 13.7. The fraction of sp³-hybridized carbons (Fsp3) is 0.750. The molecule has 0 aromatic rings. The fourth-order valence-corrected chi connectivity index (χ4v) is 1.29. The largest absolute Gasteiger partial charge is 0.480 e. The Balaban J connectivity index is 4.02. The van der Waals surface area contributed by atoms with Gasteiger partial charge in [-0.15, -0.1) is 0 Å². The van der Waals surface area contributed by atoms with Gasteiger partial charge >= 0.3 is 18.0 Å². The van der Waals surface area contributed by atoms with Crippen molar-refractivity contribution >= 4 is 18.0 Å². The second kappa shape index (κ2) is 10.0. The highest BCUT2D eigenvalue weighted by atomic mass is 16.5. The maximum atomic E-state index is 11.5. The molecule has 0 aliphatic carbocycles. The van der Waals surface area contributed by atoms with Gasteiger partial charge in [0.05, 0.1) is 19.8 Å². The number of aliphatic carboxylic acids is 1. The molecule has 0 aliphatic heterocycles. The van der Waals surface area contributed by atoms with Crippen molar-refractivity contribution in [3.63, 3.8) is 0 Å². The highest BCUT2D eigenvalue weighted by Gasteiger charge is 2.20. The number of carboxylic acid groups (broad SMARTS) is 1. The van der Waals surface area contributed by atoms with Crippen molar-refractivity contribution in [2.24, 2.45) is 0 Å². The van der Waals surface area contributed by atoms with Gasteiger partial charge in [-0.1, -0.05) is 0 Å². The van der Waals surface area contributed by atoms with Gasteiger partial charge in [0, 0.05) is 13.0 Å². The van der Waals surface area contributed by atoms with E-state index < -0.39 is 24.0 Å². The molecular formula is C12H22N2O6. The number of amides is 2. The highest BCUT2D eigenvalue weighted by molar-refractivity contribution is 5.83. The summed E-state index contributed by atoms with van der Waals surface area (Å²) in [6.45, 7) is 4.35. The Morgan fingerprint density at radius 3 is 2.40 bits per heavy atom. The van der Waals surface area contributed by atoms with E-state index in [9.17, 15) is 14.4 Å². The average Bonchev–Trinajstić information content (AvgIpc) is 2.38. The van der Waals surface area contributed by atoms with E-state index in [1.807, 2.05) is 13.8 Å². The third-order valence-electron chi connectivity index (χ3n) is 2.31. The van der Waals surface area contributed by atoms with Crippen LogP contribution in [0.25, 0.3) is 0 Å². The van der Waals surface area contributed by atoms with E-state index in [0.717, 1.165) is 0 Å². The molecular weight excluding hydrogens is 268 g/mol. The number of carboxylic acids is 1. The van der Waals surface area contributed by atoms with Crippen LogP contribution in [0.5, 0.6) is 0 Å². The van der Waals surface area contributed by atoms with E-state index >= 15 is 0 Å². The van der Waals surface area contributed by atoms with Crippen molar-refractivity contribution in [1.82, 2.24) is 10.6 Å². The molecule has 0 spiro atoms. The monoisotopic (exact) mass is 290 g/mol. The Morgan fingerprint density at radius 1 is 1.25 bits per heavy atom. The van der Waals surface area contributed by atoms with Gasteiger partial charge in [-0.25, -0.2) is 9.59 Å². The van der Waals surface area contributed by atoms with E-state index in [4.69, 9.17) is 9.84 Å². The lowest BCUT2D eigenvalue weighted by Crippen LogP contribution is -2.47. The first-order chi connectivity index (χ1) is 9.36. The predicted octanol–water partition coefficient (Wildman–Crippen LogP) is 0.117. The molecule has 0 aliphatic rings. The van der Waals surface area contributed by atoms with Crippen LogP contribution >= 0.6 is 0 Å². The summed E-state index contributed by atoms with van der Waals surface area (Å²) in [6.07, 6.45) is -0.0473.